The largest absolute Gasteiger partial charge is 0.493 e. The molecule has 0 saturated heterocycles. The van der Waals surface area contributed by atoms with Gasteiger partial charge in [-0.2, -0.15) is 0 Å². The third kappa shape index (κ3) is 4.83. The van der Waals surface area contributed by atoms with E-state index >= 15 is 0 Å². The first-order chi connectivity index (χ1) is 15.6. The summed E-state index contributed by atoms with van der Waals surface area (Å²) in [7, 11) is 3.22. The van der Waals surface area contributed by atoms with E-state index in [4.69, 9.17) is 9.47 Å². The van der Waals surface area contributed by atoms with E-state index in [0.29, 0.717) is 30.2 Å². The van der Waals surface area contributed by atoms with Gasteiger partial charge in [0.1, 0.15) is 0 Å². The number of nitrogens with one attached hydrogen (secondary N) is 1. The SMILES string of the molecule is COc1ccc(CCNC(=O)CSc2nnc3n2CCN3c2ccc(C)cc2)cc1OC. The number of carbonyl (C=O) groups is 1. The van der Waals surface area contributed by atoms with E-state index in [1.165, 1.54) is 17.3 Å². The number of aromatic nitrogens is 3. The Hall–Kier alpha value is -3.20. The number of nitrogens with zero attached hydrogens (tertiary/aromatic N) is 4. The fourth-order valence-corrected chi connectivity index (χ4v) is 4.41. The number of methoxy groups -OCH3 is 2. The minimum atomic E-state index is -0.0267. The Kier molecular flexibility index (Phi) is 6.84. The highest BCUT2D eigenvalue weighted by Crippen LogP contribution is 2.32. The van der Waals surface area contributed by atoms with Crippen molar-refractivity contribution in [2.75, 3.05) is 38.0 Å². The van der Waals surface area contributed by atoms with Gasteiger partial charge in [0, 0.05) is 25.3 Å². The van der Waals surface area contributed by atoms with Crippen molar-refractivity contribution in [1.29, 1.82) is 0 Å². The van der Waals surface area contributed by atoms with Crippen LogP contribution in [-0.2, 0) is 17.8 Å². The zero-order valence-corrected chi connectivity index (χ0v) is 19.3. The van der Waals surface area contributed by atoms with E-state index in [9.17, 15) is 4.79 Å². The molecule has 1 amide bonds. The predicted octanol–water partition coefficient (Wildman–Crippen LogP) is 3.21. The van der Waals surface area contributed by atoms with E-state index in [2.05, 4.69) is 56.2 Å². The fourth-order valence-electron chi connectivity index (χ4n) is 3.62. The van der Waals surface area contributed by atoms with Crippen LogP contribution in [0.15, 0.2) is 47.6 Å². The summed E-state index contributed by atoms with van der Waals surface area (Å²) in [5.74, 6) is 2.48. The minimum absolute atomic E-state index is 0.0267. The molecule has 2 heterocycles. The monoisotopic (exact) mass is 453 g/mol. The van der Waals surface area contributed by atoms with Crippen LogP contribution in [0.2, 0.25) is 0 Å². The van der Waals surface area contributed by atoms with Crippen LogP contribution in [-0.4, -0.2) is 53.7 Å². The van der Waals surface area contributed by atoms with Crippen molar-refractivity contribution >= 4 is 29.3 Å². The van der Waals surface area contributed by atoms with Crippen LogP contribution in [0.1, 0.15) is 11.1 Å². The summed E-state index contributed by atoms with van der Waals surface area (Å²) in [6, 6.07) is 14.2. The zero-order valence-electron chi connectivity index (χ0n) is 18.5. The summed E-state index contributed by atoms with van der Waals surface area (Å²) in [5.41, 5.74) is 3.40. The van der Waals surface area contributed by atoms with Crippen molar-refractivity contribution in [3.63, 3.8) is 0 Å². The molecule has 0 spiro atoms. The quantitative estimate of drug-likeness (QED) is 0.498. The molecule has 32 heavy (non-hydrogen) atoms. The number of thioether (sulfide) groups is 1. The van der Waals surface area contributed by atoms with Gasteiger partial charge in [0.05, 0.1) is 20.0 Å². The highest BCUT2D eigenvalue weighted by Gasteiger charge is 2.26. The summed E-state index contributed by atoms with van der Waals surface area (Å²) < 4.78 is 12.7. The molecule has 168 valence electrons. The van der Waals surface area contributed by atoms with Gasteiger partial charge in [0.2, 0.25) is 11.9 Å². The number of amides is 1. The maximum Gasteiger partial charge on any atom is 0.232 e. The number of anilines is 2. The third-order valence-electron chi connectivity index (χ3n) is 5.35. The van der Waals surface area contributed by atoms with Gasteiger partial charge in [-0.05, 0) is 43.2 Å². The molecule has 2 aromatic carbocycles. The van der Waals surface area contributed by atoms with Crippen LogP contribution in [0.4, 0.5) is 11.6 Å². The molecule has 9 heteroatoms. The topological polar surface area (TPSA) is 81.5 Å². The van der Waals surface area contributed by atoms with Crippen molar-refractivity contribution < 1.29 is 14.3 Å². The summed E-state index contributed by atoms with van der Waals surface area (Å²) in [6.45, 7) is 4.27. The predicted molar refractivity (Wildman–Crippen MR) is 125 cm³/mol. The van der Waals surface area contributed by atoms with E-state index in [-0.39, 0.29) is 5.91 Å². The number of benzene rings is 2. The van der Waals surface area contributed by atoms with Crippen molar-refractivity contribution in [2.24, 2.45) is 0 Å². The Labute approximate surface area is 191 Å². The molecule has 0 bridgehead atoms. The van der Waals surface area contributed by atoms with Gasteiger partial charge in [-0.1, -0.05) is 35.5 Å². The Morgan fingerprint density at radius 2 is 1.84 bits per heavy atom. The molecule has 1 aromatic heterocycles. The first-order valence-electron chi connectivity index (χ1n) is 10.5. The minimum Gasteiger partial charge on any atom is -0.493 e. The first-order valence-corrected chi connectivity index (χ1v) is 11.5. The lowest BCUT2D eigenvalue weighted by Gasteiger charge is -2.15. The maximum atomic E-state index is 12.3. The number of aryl methyl sites for hydroxylation is 1. The normalized spacial score (nSPS) is 12.5. The number of rotatable bonds is 9. The van der Waals surface area contributed by atoms with Gasteiger partial charge in [-0.15, -0.1) is 10.2 Å². The van der Waals surface area contributed by atoms with E-state index in [1.807, 2.05) is 18.2 Å². The lowest BCUT2D eigenvalue weighted by molar-refractivity contribution is -0.118. The third-order valence-corrected chi connectivity index (χ3v) is 6.31. The van der Waals surface area contributed by atoms with Crippen molar-refractivity contribution in [3.05, 3.63) is 53.6 Å². The highest BCUT2D eigenvalue weighted by molar-refractivity contribution is 7.99. The standard InChI is InChI=1S/C23H27N5O3S/c1-16-4-7-18(8-5-16)27-12-13-28-22(27)25-26-23(28)32-15-21(29)24-11-10-17-6-9-19(30-2)20(14-17)31-3/h4-9,14H,10-13,15H2,1-3H3,(H,24,29). The van der Waals surface area contributed by atoms with Crippen LogP contribution in [0, 0.1) is 6.92 Å². The van der Waals surface area contributed by atoms with Crippen molar-refractivity contribution in [2.45, 2.75) is 25.0 Å². The number of ether oxygens (including phenoxy) is 2. The molecular weight excluding hydrogens is 426 g/mol. The lowest BCUT2D eigenvalue weighted by atomic mass is 10.1. The average Bonchev–Trinajstić information content (AvgIpc) is 3.40. The highest BCUT2D eigenvalue weighted by atomic mass is 32.2. The number of hydrogen-bond donors (Lipinski definition) is 1. The molecule has 0 radical (unpaired) electrons. The molecule has 1 aliphatic heterocycles. The number of hydrogen-bond acceptors (Lipinski definition) is 7. The Bertz CT molecular complexity index is 1080. The zero-order chi connectivity index (χ0) is 22.5. The Balaban J connectivity index is 1.27. The molecular formula is C23H27N5O3S. The van der Waals surface area contributed by atoms with E-state index in [0.717, 1.165) is 35.4 Å². The summed E-state index contributed by atoms with van der Waals surface area (Å²) in [4.78, 5) is 14.5. The van der Waals surface area contributed by atoms with Crippen LogP contribution in [0.25, 0.3) is 0 Å². The second-order valence-corrected chi connectivity index (χ2v) is 8.44. The first kappa shape index (κ1) is 22.0. The molecule has 0 saturated carbocycles. The van der Waals surface area contributed by atoms with Gasteiger partial charge >= 0.3 is 0 Å². The van der Waals surface area contributed by atoms with Crippen LogP contribution < -0.4 is 19.7 Å². The molecule has 0 aliphatic carbocycles. The second-order valence-electron chi connectivity index (χ2n) is 7.50. The van der Waals surface area contributed by atoms with Gasteiger partial charge < -0.3 is 19.7 Å². The smallest absolute Gasteiger partial charge is 0.232 e. The van der Waals surface area contributed by atoms with Crippen molar-refractivity contribution in [1.82, 2.24) is 20.1 Å². The van der Waals surface area contributed by atoms with Gasteiger partial charge in [-0.3, -0.25) is 9.36 Å². The Morgan fingerprint density at radius 1 is 1.06 bits per heavy atom. The molecule has 1 aliphatic rings. The van der Waals surface area contributed by atoms with Crippen LogP contribution in [0.3, 0.4) is 0 Å². The molecule has 8 nitrogen and oxygen atoms in total. The molecule has 3 aromatic rings. The maximum absolute atomic E-state index is 12.3. The molecule has 1 N–H and O–H groups in total. The molecule has 0 fully saturated rings. The molecule has 0 atom stereocenters. The van der Waals surface area contributed by atoms with Gasteiger partial charge in [-0.25, -0.2) is 0 Å². The lowest BCUT2D eigenvalue weighted by Crippen LogP contribution is -2.27. The molecule has 4 rings (SSSR count). The fraction of sp³-hybridized carbons (Fsp3) is 0.348. The van der Waals surface area contributed by atoms with E-state index in [1.54, 1.807) is 14.2 Å². The summed E-state index contributed by atoms with van der Waals surface area (Å²) in [5, 5.41) is 12.4. The Morgan fingerprint density at radius 3 is 2.59 bits per heavy atom. The summed E-state index contributed by atoms with van der Waals surface area (Å²) in [6.07, 6.45) is 0.711. The number of fused-ring (bicyclic) bond motifs is 1. The van der Waals surface area contributed by atoms with Gasteiger partial charge in [0.15, 0.2) is 16.7 Å². The second kappa shape index (κ2) is 9.95. The van der Waals surface area contributed by atoms with Crippen LogP contribution >= 0.6 is 11.8 Å². The molecule has 0 unspecified atom stereocenters. The number of carbonyl (C=O) groups excluding carboxylic acids is 1. The van der Waals surface area contributed by atoms with E-state index < -0.39 is 0 Å². The van der Waals surface area contributed by atoms with Crippen LogP contribution in [0.5, 0.6) is 11.5 Å². The van der Waals surface area contributed by atoms with Gasteiger partial charge in [0.25, 0.3) is 0 Å². The average molecular weight is 454 g/mol. The summed E-state index contributed by atoms with van der Waals surface area (Å²) >= 11 is 1.41. The van der Waals surface area contributed by atoms with Crippen molar-refractivity contribution in [3.8, 4) is 11.5 Å².